The molecule has 0 atom stereocenters. The number of nitrogens with zero attached hydrogens (tertiary/aromatic N) is 3. The molecule has 0 bridgehead atoms. The van der Waals surface area contributed by atoms with Crippen LogP contribution in [0.2, 0.25) is 0 Å². The number of carbonyl (C=O) groups is 2. The van der Waals surface area contributed by atoms with Crippen LogP contribution in [0.25, 0.3) is 0 Å². The van der Waals surface area contributed by atoms with Crippen molar-refractivity contribution in [2.24, 2.45) is 5.73 Å². The molecular weight excluding hydrogens is 198 g/mol. The summed E-state index contributed by atoms with van der Waals surface area (Å²) in [4.78, 5) is 23.3. The van der Waals surface area contributed by atoms with Gasteiger partial charge in [0.2, 0.25) is 11.8 Å². The summed E-state index contributed by atoms with van der Waals surface area (Å²) in [5.74, 6) is -0.803. The van der Waals surface area contributed by atoms with Crippen molar-refractivity contribution in [1.29, 1.82) is 0 Å². The van der Waals surface area contributed by atoms with E-state index in [9.17, 15) is 9.59 Å². The number of anilines is 1. The Balaban J connectivity index is 2.52. The molecule has 0 spiro atoms. The molecule has 7 nitrogen and oxygen atoms in total. The monoisotopic (exact) mass is 211 g/mol. The van der Waals surface area contributed by atoms with E-state index in [4.69, 9.17) is 11.5 Å². The van der Waals surface area contributed by atoms with Gasteiger partial charge in [0, 0.05) is 13.2 Å². The van der Waals surface area contributed by atoms with Crippen molar-refractivity contribution in [2.45, 2.75) is 6.54 Å². The van der Waals surface area contributed by atoms with Gasteiger partial charge in [-0.2, -0.15) is 5.10 Å². The lowest BCUT2D eigenvalue weighted by Gasteiger charge is -2.14. The van der Waals surface area contributed by atoms with Gasteiger partial charge in [0.15, 0.2) is 0 Å². The van der Waals surface area contributed by atoms with Crippen molar-refractivity contribution in [3.63, 3.8) is 0 Å². The van der Waals surface area contributed by atoms with E-state index in [1.165, 1.54) is 29.0 Å². The van der Waals surface area contributed by atoms with Crippen LogP contribution in [0.15, 0.2) is 12.4 Å². The minimum atomic E-state index is -0.550. The van der Waals surface area contributed by atoms with Crippen LogP contribution in [-0.4, -0.2) is 40.1 Å². The van der Waals surface area contributed by atoms with E-state index in [0.717, 1.165) is 0 Å². The first kappa shape index (κ1) is 11.0. The van der Waals surface area contributed by atoms with E-state index in [2.05, 4.69) is 5.10 Å². The zero-order chi connectivity index (χ0) is 11.4. The molecule has 0 unspecified atom stereocenters. The summed E-state index contributed by atoms with van der Waals surface area (Å²) in [5, 5.41) is 3.85. The summed E-state index contributed by atoms with van der Waals surface area (Å²) >= 11 is 0. The van der Waals surface area contributed by atoms with Gasteiger partial charge in [0.1, 0.15) is 6.54 Å². The van der Waals surface area contributed by atoms with Crippen molar-refractivity contribution in [1.82, 2.24) is 14.7 Å². The SMILES string of the molecule is CN(CC(N)=O)C(=O)Cn1cc(N)cn1. The maximum atomic E-state index is 11.5. The van der Waals surface area contributed by atoms with E-state index < -0.39 is 5.91 Å². The first-order chi connectivity index (χ1) is 6.99. The lowest BCUT2D eigenvalue weighted by Crippen LogP contribution is -2.37. The number of likely N-dealkylation sites (N-methyl/N-ethyl adjacent to an activating group) is 1. The Kier molecular flexibility index (Phi) is 3.27. The normalized spacial score (nSPS) is 9.93. The Bertz CT molecular complexity index is 373. The second-order valence-electron chi connectivity index (χ2n) is 3.19. The maximum absolute atomic E-state index is 11.5. The van der Waals surface area contributed by atoms with Crippen LogP contribution in [-0.2, 0) is 16.1 Å². The summed E-state index contributed by atoms with van der Waals surface area (Å²) in [5.41, 5.74) is 10.9. The molecule has 0 aliphatic heterocycles. The number of hydrogen-bond donors (Lipinski definition) is 2. The van der Waals surface area contributed by atoms with Gasteiger partial charge in [-0.05, 0) is 0 Å². The number of rotatable bonds is 4. The minimum absolute atomic E-state index is 0.0426. The van der Waals surface area contributed by atoms with E-state index in [-0.39, 0.29) is 19.0 Å². The highest BCUT2D eigenvalue weighted by Crippen LogP contribution is 1.98. The predicted octanol–water partition coefficient (Wildman–Crippen LogP) is -1.59. The first-order valence-electron chi connectivity index (χ1n) is 4.29. The third-order valence-electron chi connectivity index (χ3n) is 1.77. The fraction of sp³-hybridized carbons (Fsp3) is 0.375. The summed E-state index contributed by atoms with van der Waals surface area (Å²) in [6.45, 7) is -0.0590. The third-order valence-corrected chi connectivity index (χ3v) is 1.77. The summed E-state index contributed by atoms with van der Waals surface area (Å²) < 4.78 is 1.40. The fourth-order valence-electron chi connectivity index (χ4n) is 1.05. The molecule has 1 heterocycles. The number of nitrogen functional groups attached to an aromatic ring is 1. The molecule has 0 saturated heterocycles. The Hall–Kier alpha value is -2.05. The molecule has 1 aromatic rings. The Morgan fingerprint density at radius 2 is 2.27 bits per heavy atom. The van der Waals surface area contributed by atoms with Crippen LogP contribution in [0.5, 0.6) is 0 Å². The third kappa shape index (κ3) is 3.29. The van der Waals surface area contributed by atoms with Crippen molar-refractivity contribution < 1.29 is 9.59 Å². The van der Waals surface area contributed by atoms with Crippen LogP contribution in [0.4, 0.5) is 5.69 Å². The lowest BCUT2D eigenvalue weighted by atomic mass is 10.4. The number of nitrogens with two attached hydrogens (primary N) is 2. The molecule has 0 aromatic carbocycles. The second-order valence-corrected chi connectivity index (χ2v) is 3.19. The van der Waals surface area contributed by atoms with E-state index in [1.807, 2.05) is 0 Å². The van der Waals surface area contributed by atoms with Crippen LogP contribution in [0.1, 0.15) is 0 Å². The van der Waals surface area contributed by atoms with E-state index >= 15 is 0 Å². The molecule has 0 aliphatic carbocycles. The summed E-state index contributed by atoms with van der Waals surface area (Å²) in [7, 11) is 1.50. The van der Waals surface area contributed by atoms with Gasteiger partial charge in [-0.25, -0.2) is 0 Å². The molecule has 2 amide bonds. The van der Waals surface area contributed by atoms with Gasteiger partial charge >= 0.3 is 0 Å². The molecular formula is C8H13N5O2. The fourth-order valence-corrected chi connectivity index (χ4v) is 1.05. The van der Waals surface area contributed by atoms with Gasteiger partial charge in [-0.3, -0.25) is 14.3 Å². The van der Waals surface area contributed by atoms with Crippen LogP contribution in [0.3, 0.4) is 0 Å². The number of carbonyl (C=O) groups excluding carboxylic acids is 2. The van der Waals surface area contributed by atoms with Gasteiger partial charge < -0.3 is 16.4 Å². The van der Waals surface area contributed by atoms with Gasteiger partial charge in [0.05, 0.1) is 18.4 Å². The zero-order valence-corrected chi connectivity index (χ0v) is 8.38. The molecule has 4 N–H and O–H groups in total. The number of amides is 2. The molecule has 0 radical (unpaired) electrons. The summed E-state index contributed by atoms with van der Waals surface area (Å²) in [6, 6.07) is 0. The molecule has 0 saturated carbocycles. The van der Waals surface area contributed by atoms with Gasteiger partial charge in [-0.1, -0.05) is 0 Å². The Morgan fingerprint density at radius 3 is 2.73 bits per heavy atom. The van der Waals surface area contributed by atoms with E-state index in [0.29, 0.717) is 5.69 Å². The van der Waals surface area contributed by atoms with Crippen molar-refractivity contribution >= 4 is 17.5 Å². The maximum Gasteiger partial charge on any atom is 0.244 e. The number of aromatic nitrogens is 2. The molecule has 82 valence electrons. The van der Waals surface area contributed by atoms with Gasteiger partial charge in [0.25, 0.3) is 0 Å². The van der Waals surface area contributed by atoms with Crippen molar-refractivity contribution in [2.75, 3.05) is 19.3 Å². The highest BCUT2D eigenvalue weighted by Gasteiger charge is 2.11. The largest absolute Gasteiger partial charge is 0.396 e. The van der Waals surface area contributed by atoms with Crippen LogP contribution >= 0.6 is 0 Å². The predicted molar refractivity (Wildman–Crippen MR) is 53.5 cm³/mol. The number of primary amides is 1. The van der Waals surface area contributed by atoms with Crippen molar-refractivity contribution in [3.05, 3.63) is 12.4 Å². The quantitative estimate of drug-likeness (QED) is 0.625. The smallest absolute Gasteiger partial charge is 0.244 e. The molecule has 0 aliphatic rings. The highest BCUT2D eigenvalue weighted by molar-refractivity contribution is 5.83. The Labute approximate surface area is 86.6 Å². The summed E-state index contributed by atoms with van der Waals surface area (Å²) in [6.07, 6.45) is 2.98. The van der Waals surface area contributed by atoms with Gasteiger partial charge in [-0.15, -0.1) is 0 Å². The standard InChI is InChI=1S/C8H13N5O2/c1-12(4-7(10)14)8(15)5-13-3-6(9)2-11-13/h2-3H,4-5,9H2,1H3,(H2,10,14). The van der Waals surface area contributed by atoms with Crippen LogP contribution < -0.4 is 11.5 Å². The minimum Gasteiger partial charge on any atom is -0.396 e. The Morgan fingerprint density at radius 1 is 1.60 bits per heavy atom. The topological polar surface area (TPSA) is 107 Å². The molecule has 0 fully saturated rings. The molecule has 1 aromatic heterocycles. The van der Waals surface area contributed by atoms with E-state index in [1.54, 1.807) is 0 Å². The highest BCUT2D eigenvalue weighted by atomic mass is 16.2. The second kappa shape index (κ2) is 4.45. The number of hydrogen-bond acceptors (Lipinski definition) is 4. The van der Waals surface area contributed by atoms with Crippen molar-refractivity contribution in [3.8, 4) is 0 Å². The molecule has 7 heteroatoms. The molecule has 1 rings (SSSR count). The first-order valence-corrected chi connectivity index (χ1v) is 4.29. The average Bonchev–Trinajstić information content (AvgIpc) is 2.50. The molecule has 15 heavy (non-hydrogen) atoms. The lowest BCUT2D eigenvalue weighted by molar-refractivity contribution is -0.134. The van der Waals surface area contributed by atoms with Crippen LogP contribution in [0, 0.1) is 0 Å². The zero-order valence-electron chi connectivity index (χ0n) is 8.38. The average molecular weight is 211 g/mol.